The van der Waals surface area contributed by atoms with E-state index < -0.39 is 0 Å². The number of rotatable bonds is 10. The van der Waals surface area contributed by atoms with Gasteiger partial charge in [-0.2, -0.15) is 0 Å². The normalized spacial score (nSPS) is 12.7. The molecule has 26 heavy (non-hydrogen) atoms. The molecule has 0 unspecified atom stereocenters. The molecule has 3 N–H and O–H groups in total. The molecule has 0 radical (unpaired) electrons. The quantitative estimate of drug-likeness (QED) is 0.595. The molecular weight excluding hydrogens is 334 g/mol. The number of methoxy groups -OCH3 is 1. The van der Waals surface area contributed by atoms with Gasteiger partial charge in [0.15, 0.2) is 11.5 Å². The van der Waals surface area contributed by atoms with Crippen LogP contribution in [0.15, 0.2) is 18.2 Å². The maximum atomic E-state index is 12.0. The number of amides is 3. The molecule has 0 saturated carbocycles. The van der Waals surface area contributed by atoms with Crippen LogP contribution < -0.4 is 25.4 Å². The second kappa shape index (κ2) is 11.2. The summed E-state index contributed by atoms with van der Waals surface area (Å²) in [5, 5.41) is 8.41. The fourth-order valence-electron chi connectivity index (χ4n) is 2.30. The van der Waals surface area contributed by atoms with Gasteiger partial charge in [-0.15, -0.1) is 0 Å². The maximum absolute atomic E-state index is 12.0. The van der Waals surface area contributed by atoms with Crippen LogP contribution in [-0.2, 0) is 4.79 Å². The highest BCUT2D eigenvalue weighted by atomic mass is 16.5. The summed E-state index contributed by atoms with van der Waals surface area (Å²) in [6, 6.07) is 5.17. The summed E-state index contributed by atoms with van der Waals surface area (Å²) in [5.74, 6) is 1.23. The summed E-state index contributed by atoms with van der Waals surface area (Å²) < 4.78 is 10.8. The molecule has 0 fully saturated rings. The Hall–Kier alpha value is -2.44. The molecule has 0 bridgehead atoms. The average Bonchev–Trinajstić information content (AvgIpc) is 2.61. The zero-order valence-corrected chi connectivity index (χ0v) is 16.3. The zero-order chi connectivity index (χ0) is 19.5. The largest absolute Gasteiger partial charge is 0.493 e. The molecule has 3 amide bonds. The molecule has 0 aliphatic rings. The smallest absolute Gasteiger partial charge is 0.315 e. The van der Waals surface area contributed by atoms with Crippen LogP contribution in [0.5, 0.6) is 11.5 Å². The van der Waals surface area contributed by atoms with Crippen molar-refractivity contribution in [3.8, 4) is 11.5 Å². The first-order chi connectivity index (χ1) is 12.4. The SMILES string of the molecule is CCOc1ccc([C@H](C)NC(=O)NCCC(=O)N[C@H](C)CC)cc1OC. The Morgan fingerprint density at radius 2 is 1.85 bits per heavy atom. The second-order valence-electron chi connectivity index (χ2n) is 6.09. The number of hydrogen-bond acceptors (Lipinski definition) is 4. The minimum absolute atomic E-state index is 0.0658. The Morgan fingerprint density at radius 1 is 1.12 bits per heavy atom. The van der Waals surface area contributed by atoms with Crippen molar-refractivity contribution < 1.29 is 19.1 Å². The van der Waals surface area contributed by atoms with Gasteiger partial charge in [-0.25, -0.2) is 4.79 Å². The fraction of sp³-hybridized carbons (Fsp3) is 0.579. The standard InChI is InChI=1S/C19H31N3O4/c1-6-13(3)21-18(23)10-11-20-19(24)22-14(4)15-8-9-16(26-7-2)17(12-15)25-5/h8-9,12-14H,6-7,10-11H2,1-5H3,(H,21,23)(H2,20,22,24)/t13-,14+/m1/s1. The van der Waals surface area contributed by atoms with Crippen molar-refractivity contribution in [1.82, 2.24) is 16.0 Å². The van der Waals surface area contributed by atoms with E-state index in [1.165, 1.54) is 0 Å². The van der Waals surface area contributed by atoms with Gasteiger partial charge in [0.05, 0.1) is 19.8 Å². The predicted octanol–water partition coefficient (Wildman–Crippen LogP) is 2.76. The van der Waals surface area contributed by atoms with Crippen molar-refractivity contribution in [3.05, 3.63) is 23.8 Å². The van der Waals surface area contributed by atoms with Crippen molar-refractivity contribution in [1.29, 1.82) is 0 Å². The van der Waals surface area contributed by atoms with Crippen LogP contribution in [0.3, 0.4) is 0 Å². The van der Waals surface area contributed by atoms with Gasteiger partial charge in [0.2, 0.25) is 5.91 Å². The van der Waals surface area contributed by atoms with Crippen molar-refractivity contribution in [3.63, 3.8) is 0 Å². The Balaban J connectivity index is 2.48. The fourth-order valence-corrected chi connectivity index (χ4v) is 2.30. The van der Waals surface area contributed by atoms with Crippen molar-refractivity contribution in [2.45, 2.75) is 52.6 Å². The molecule has 0 spiro atoms. The van der Waals surface area contributed by atoms with Gasteiger partial charge in [0, 0.05) is 19.0 Å². The van der Waals surface area contributed by atoms with Crippen LogP contribution in [0.4, 0.5) is 4.79 Å². The lowest BCUT2D eigenvalue weighted by Gasteiger charge is -2.17. The number of ether oxygens (including phenoxy) is 2. The average molecular weight is 365 g/mol. The molecule has 2 atom stereocenters. The number of benzene rings is 1. The summed E-state index contributed by atoms with van der Waals surface area (Å²) in [6.07, 6.45) is 1.13. The molecule has 146 valence electrons. The second-order valence-corrected chi connectivity index (χ2v) is 6.09. The Bertz CT molecular complexity index is 592. The monoisotopic (exact) mass is 365 g/mol. The molecule has 7 heteroatoms. The Labute approximate surface area is 155 Å². The summed E-state index contributed by atoms with van der Waals surface area (Å²) in [6.45, 7) is 8.58. The predicted molar refractivity (Wildman–Crippen MR) is 102 cm³/mol. The van der Waals surface area contributed by atoms with Crippen molar-refractivity contribution in [2.24, 2.45) is 0 Å². The van der Waals surface area contributed by atoms with E-state index in [1.807, 2.05) is 45.9 Å². The lowest BCUT2D eigenvalue weighted by atomic mass is 10.1. The van der Waals surface area contributed by atoms with Crippen LogP contribution in [-0.4, -0.2) is 38.2 Å². The number of carbonyl (C=O) groups excluding carboxylic acids is 2. The van der Waals surface area contributed by atoms with Gasteiger partial charge >= 0.3 is 6.03 Å². The van der Waals surface area contributed by atoms with Crippen molar-refractivity contribution >= 4 is 11.9 Å². The molecule has 1 rings (SSSR count). The van der Waals surface area contributed by atoms with Gasteiger partial charge < -0.3 is 25.4 Å². The van der Waals surface area contributed by atoms with E-state index in [9.17, 15) is 9.59 Å². The first-order valence-corrected chi connectivity index (χ1v) is 9.05. The van der Waals surface area contributed by atoms with Crippen LogP contribution in [0.25, 0.3) is 0 Å². The summed E-state index contributed by atoms with van der Waals surface area (Å²) in [7, 11) is 1.58. The first-order valence-electron chi connectivity index (χ1n) is 9.05. The van der Waals surface area contributed by atoms with Gasteiger partial charge in [0.25, 0.3) is 0 Å². The third kappa shape index (κ3) is 7.21. The number of hydrogen-bond donors (Lipinski definition) is 3. The van der Waals surface area contributed by atoms with Gasteiger partial charge in [-0.1, -0.05) is 13.0 Å². The third-order valence-corrected chi connectivity index (χ3v) is 3.99. The van der Waals surface area contributed by atoms with Crippen LogP contribution in [0.2, 0.25) is 0 Å². The lowest BCUT2D eigenvalue weighted by molar-refractivity contribution is -0.121. The van der Waals surface area contributed by atoms with E-state index in [4.69, 9.17) is 9.47 Å². The number of nitrogens with one attached hydrogen (secondary N) is 3. The van der Waals surface area contributed by atoms with E-state index in [2.05, 4.69) is 16.0 Å². The van der Waals surface area contributed by atoms with Crippen LogP contribution >= 0.6 is 0 Å². The first kappa shape index (κ1) is 21.6. The topological polar surface area (TPSA) is 88.7 Å². The molecule has 0 saturated heterocycles. The molecule has 0 heterocycles. The number of carbonyl (C=O) groups is 2. The summed E-state index contributed by atoms with van der Waals surface area (Å²) in [4.78, 5) is 23.7. The highest BCUT2D eigenvalue weighted by molar-refractivity contribution is 5.78. The molecule has 0 aliphatic heterocycles. The Kier molecular flexibility index (Phi) is 9.33. The van der Waals surface area contributed by atoms with E-state index in [-0.39, 0.29) is 37.0 Å². The van der Waals surface area contributed by atoms with Gasteiger partial charge in [-0.3, -0.25) is 4.79 Å². The minimum atomic E-state index is -0.318. The zero-order valence-electron chi connectivity index (χ0n) is 16.3. The molecule has 0 aliphatic carbocycles. The summed E-state index contributed by atoms with van der Waals surface area (Å²) in [5.41, 5.74) is 0.898. The van der Waals surface area contributed by atoms with E-state index in [0.717, 1.165) is 12.0 Å². The Morgan fingerprint density at radius 3 is 2.46 bits per heavy atom. The highest BCUT2D eigenvalue weighted by Crippen LogP contribution is 2.30. The molecule has 0 aromatic heterocycles. The maximum Gasteiger partial charge on any atom is 0.315 e. The molecule has 1 aromatic carbocycles. The molecule has 1 aromatic rings. The third-order valence-electron chi connectivity index (χ3n) is 3.99. The number of urea groups is 1. The molecular formula is C19H31N3O4. The van der Waals surface area contributed by atoms with E-state index >= 15 is 0 Å². The lowest BCUT2D eigenvalue weighted by Crippen LogP contribution is -2.40. The van der Waals surface area contributed by atoms with Gasteiger partial charge in [-0.05, 0) is 44.9 Å². The van der Waals surface area contributed by atoms with E-state index in [0.29, 0.717) is 18.1 Å². The van der Waals surface area contributed by atoms with Crippen LogP contribution in [0.1, 0.15) is 52.1 Å². The van der Waals surface area contributed by atoms with E-state index in [1.54, 1.807) is 7.11 Å². The molecule has 7 nitrogen and oxygen atoms in total. The van der Waals surface area contributed by atoms with Crippen LogP contribution in [0, 0.1) is 0 Å². The van der Waals surface area contributed by atoms with Crippen molar-refractivity contribution in [2.75, 3.05) is 20.3 Å². The summed E-state index contributed by atoms with van der Waals surface area (Å²) >= 11 is 0. The van der Waals surface area contributed by atoms with Gasteiger partial charge in [0.1, 0.15) is 0 Å². The highest BCUT2D eigenvalue weighted by Gasteiger charge is 2.13. The minimum Gasteiger partial charge on any atom is -0.493 e.